The van der Waals surface area contributed by atoms with Gasteiger partial charge in [-0.2, -0.15) is 0 Å². The summed E-state index contributed by atoms with van der Waals surface area (Å²) in [5, 5.41) is 8.39. The highest BCUT2D eigenvalue weighted by molar-refractivity contribution is 6.06. The topological polar surface area (TPSA) is 108 Å². The van der Waals surface area contributed by atoms with E-state index in [2.05, 4.69) is 16.0 Å². The minimum absolute atomic E-state index is 0.0127. The zero-order valence-corrected chi connectivity index (χ0v) is 22.4. The van der Waals surface area contributed by atoms with Crippen molar-refractivity contribution in [3.05, 3.63) is 77.5 Å². The monoisotopic (exact) mass is 530 g/mol. The fourth-order valence-corrected chi connectivity index (χ4v) is 5.31. The minimum atomic E-state index is -0.604. The molecule has 2 saturated carbocycles. The normalized spacial score (nSPS) is 16.7. The Bertz CT molecular complexity index is 1150. The Morgan fingerprint density at radius 3 is 2.00 bits per heavy atom. The van der Waals surface area contributed by atoms with E-state index < -0.39 is 17.7 Å². The molecular weight excluding hydrogens is 492 g/mol. The van der Waals surface area contributed by atoms with Crippen LogP contribution in [0.15, 0.2) is 66.4 Å². The van der Waals surface area contributed by atoms with Crippen molar-refractivity contribution >= 4 is 29.8 Å². The first-order valence-electron chi connectivity index (χ1n) is 14.0. The number of imide groups is 1. The van der Waals surface area contributed by atoms with E-state index in [4.69, 9.17) is 0 Å². The summed E-state index contributed by atoms with van der Waals surface area (Å²) in [5.41, 5.74) is 1.14. The van der Waals surface area contributed by atoms with Crippen molar-refractivity contribution in [3.8, 4) is 0 Å². The summed E-state index contributed by atoms with van der Waals surface area (Å²) in [6.45, 7) is -0.346. The largest absolute Gasteiger partial charge is 0.342 e. The van der Waals surface area contributed by atoms with Crippen LogP contribution in [-0.4, -0.2) is 47.3 Å². The Kier molecular flexibility index (Phi) is 10.3. The molecule has 2 aliphatic rings. The van der Waals surface area contributed by atoms with E-state index in [1.807, 2.05) is 30.3 Å². The average Bonchev–Trinajstić information content (AvgIpc) is 2.97. The molecule has 39 heavy (non-hydrogen) atoms. The van der Waals surface area contributed by atoms with Gasteiger partial charge in [-0.05, 0) is 49.5 Å². The third kappa shape index (κ3) is 8.27. The Morgan fingerprint density at radius 1 is 0.769 bits per heavy atom. The molecular formula is C31H38N4O4. The van der Waals surface area contributed by atoms with E-state index in [-0.39, 0.29) is 30.4 Å². The van der Waals surface area contributed by atoms with Crippen molar-refractivity contribution < 1.29 is 19.2 Å². The van der Waals surface area contributed by atoms with Crippen molar-refractivity contribution in [1.82, 2.24) is 20.9 Å². The third-order valence-corrected chi connectivity index (χ3v) is 7.40. The summed E-state index contributed by atoms with van der Waals surface area (Å²) in [4.78, 5) is 54.1. The first kappa shape index (κ1) is 28.1. The predicted molar refractivity (Wildman–Crippen MR) is 150 cm³/mol. The zero-order valence-electron chi connectivity index (χ0n) is 22.4. The van der Waals surface area contributed by atoms with Gasteiger partial charge in [-0.15, -0.1) is 0 Å². The summed E-state index contributed by atoms with van der Waals surface area (Å²) < 4.78 is 0. The molecule has 0 atom stereocenters. The molecule has 0 aromatic heterocycles. The van der Waals surface area contributed by atoms with Crippen LogP contribution in [0, 0.1) is 0 Å². The van der Waals surface area contributed by atoms with Gasteiger partial charge in [0.1, 0.15) is 5.70 Å². The Labute approximate surface area is 230 Å². The molecule has 0 aliphatic heterocycles. The van der Waals surface area contributed by atoms with E-state index >= 15 is 0 Å². The average molecular weight is 531 g/mol. The summed E-state index contributed by atoms with van der Waals surface area (Å²) in [5.74, 6) is -1.49. The van der Waals surface area contributed by atoms with Gasteiger partial charge in [0.25, 0.3) is 11.8 Å². The van der Waals surface area contributed by atoms with Crippen LogP contribution >= 0.6 is 0 Å². The quantitative estimate of drug-likeness (QED) is 0.427. The van der Waals surface area contributed by atoms with Crippen molar-refractivity contribution in [2.45, 2.75) is 76.3 Å². The highest BCUT2D eigenvalue weighted by atomic mass is 16.2. The lowest BCUT2D eigenvalue weighted by molar-refractivity contribution is -0.131. The van der Waals surface area contributed by atoms with Crippen molar-refractivity contribution in [3.63, 3.8) is 0 Å². The highest BCUT2D eigenvalue weighted by Gasteiger charge is 2.32. The van der Waals surface area contributed by atoms with Crippen LogP contribution in [0.25, 0.3) is 6.08 Å². The van der Waals surface area contributed by atoms with Gasteiger partial charge >= 0.3 is 6.03 Å². The zero-order chi connectivity index (χ0) is 27.5. The maximum absolute atomic E-state index is 13.4. The number of amides is 5. The SMILES string of the molecule is O=C(NCC(=O)N(C(=O)NC1CCCCC1)C1CCCCC1)/C(=C\c1ccccc1)NC(=O)c1ccccc1. The van der Waals surface area contributed by atoms with Gasteiger partial charge in [0.15, 0.2) is 0 Å². The molecule has 5 amide bonds. The lowest BCUT2D eigenvalue weighted by Gasteiger charge is -2.34. The Balaban J connectivity index is 1.46. The summed E-state index contributed by atoms with van der Waals surface area (Å²) in [6, 6.07) is 17.3. The molecule has 2 aromatic rings. The van der Waals surface area contributed by atoms with Crippen LogP contribution < -0.4 is 16.0 Å². The number of nitrogens with one attached hydrogen (secondary N) is 3. The molecule has 8 nitrogen and oxygen atoms in total. The van der Waals surface area contributed by atoms with E-state index in [1.165, 1.54) is 11.3 Å². The van der Waals surface area contributed by atoms with E-state index in [0.717, 1.165) is 63.4 Å². The first-order chi connectivity index (χ1) is 19.0. The first-order valence-corrected chi connectivity index (χ1v) is 14.0. The number of hydrogen-bond acceptors (Lipinski definition) is 4. The number of nitrogens with zero attached hydrogens (tertiary/aromatic N) is 1. The van der Waals surface area contributed by atoms with Gasteiger partial charge < -0.3 is 16.0 Å². The molecule has 0 spiro atoms. The second-order valence-electron chi connectivity index (χ2n) is 10.3. The van der Waals surface area contributed by atoms with Gasteiger partial charge in [0.2, 0.25) is 5.91 Å². The van der Waals surface area contributed by atoms with Gasteiger partial charge in [-0.3, -0.25) is 19.3 Å². The van der Waals surface area contributed by atoms with Crippen molar-refractivity contribution in [2.75, 3.05) is 6.54 Å². The van der Waals surface area contributed by atoms with Gasteiger partial charge in [0, 0.05) is 17.6 Å². The molecule has 8 heteroatoms. The number of benzene rings is 2. The maximum atomic E-state index is 13.4. The number of carbonyl (C=O) groups is 4. The Morgan fingerprint density at radius 2 is 1.36 bits per heavy atom. The second kappa shape index (κ2) is 14.3. The molecule has 2 aromatic carbocycles. The molecule has 3 N–H and O–H groups in total. The molecule has 0 saturated heterocycles. The van der Waals surface area contributed by atoms with Gasteiger partial charge in [-0.25, -0.2) is 4.79 Å². The van der Waals surface area contributed by atoms with Crippen LogP contribution in [0.4, 0.5) is 4.79 Å². The standard InChI is InChI=1S/C31H38N4O4/c36-28(35(26-19-11-4-12-20-26)31(39)33-25-17-9-3-10-18-25)22-32-30(38)27(21-23-13-5-1-6-14-23)34-29(37)24-15-7-2-8-16-24/h1-2,5-8,13-16,21,25-26H,3-4,9-12,17-20,22H2,(H,32,38)(H,33,39)(H,34,37)/b27-21+. The van der Waals surface area contributed by atoms with Crippen LogP contribution in [0.2, 0.25) is 0 Å². The fraction of sp³-hybridized carbons (Fsp3) is 0.419. The number of hydrogen-bond donors (Lipinski definition) is 3. The number of carbonyl (C=O) groups excluding carboxylic acids is 4. The predicted octanol–water partition coefficient (Wildman–Crippen LogP) is 4.78. The maximum Gasteiger partial charge on any atom is 0.324 e. The second-order valence-corrected chi connectivity index (χ2v) is 10.3. The molecule has 2 fully saturated rings. The lowest BCUT2D eigenvalue weighted by Crippen LogP contribution is -2.55. The molecule has 0 bridgehead atoms. The third-order valence-electron chi connectivity index (χ3n) is 7.40. The van der Waals surface area contributed by atoms with E-state index in [0.29, 0.717) is 5.56 Å². The lowest BCUT2D eigenvalue weighted by atomic mass is 9.93. The minimum Gasteiger partial charge on any atom is -0.342 e. The molecule has 206 valence electrons. The van der Waals surface area contributed by atoms with Crippen LogP contribution in [-0.2, 0) is 9.59 Å². The van der Waals surface area contributed by atoms with E-state index in [9.17, 15) is 19.2 Å². The smallest absolute Gasteiger partial charge is 0.324 e. The summed E-state index contributed by atoms with van der Waals surface area (Å²) in [7, 11) is 0. The van der Waals surface area contributed by atoms with Crippen LogP contribution in [0.3, 0.4) is 0 Å². The number of urea groups is 1. The molecule has 0 radical (unpaired) electrons. The van der Waals surface area contributed by atoms with Crippen molar-refractivity contribution in [1.29, 1.82) is 0 Å². The van der Waals surface area contributed by atoms with Crippen LogP contribution in [0.5, 0.6) is 0 Å². The van der Waals surface area contributed by atoms with E-state index in [1.54, 1.807) is 36.4 Å². The fourth-order valence-electron chi connectivity index (χ4n) is 5.31. The number of rotatable bonds is 8. The van der Waals surface area contributed by atoms with Gasteiger partial charge in [-0.1, -0.05) is 87.1 Å². The van der Waals surface area contributed by atoms with Crippen LogP contribution in [0.1, 0.15) is 80.1 Å². The van der Waals surface area contributed by atoms with Crippen molar-refractivity contribution in [2.24, 2.45) is 0 Å². The summed E-state index contributed by atoms with van der Waals surface area (Å²) >= 11 is 0. The highest BCUT2D eigenvalue weighted by Crippen LogP contribution is 2.24. The summed E-state index contributed by atoms with van der Waals surface area (Å²) in [6.07, 6.45) is 11.3. The molecule has 2 aliphatic carbocycles. The molecule has 0 unspecified atom stereocenters. The molecule has 4 rings (SSSR count). The Hall–Kier alpha value is -3.94. The van der Waals surface area contributed by atoms with Gasteiger partial charge in [0.05, 0.1) is 6.54 Å². The molecule has 0 heterocycles.